The fourth-order valence-corrected chi connectivity index (χ4v) is 2.85. The number of likely N-dealkylation sites (tertiary alicyclic amines) is 1. The molecule has 2 fully saturated rings. The summed E-state index contributed by atoms with van der Waals surface area (Å²) in [5.41, 5.74) is -0.441. The van der Waals surface area contributed by atoms with Gasteiger partial charge in [0.15, 0.2) is 5.60 Å². The number of para-hydroxylation sites is 1. The summed E-state index contributed by atoms with van der Waals surface area (Å²) < 4.78 is 5.18. The van der Waals surface area contributed by atoms with Crippen molar-refractivity contribution < 1.29 is 14.6 Å². The van der Waals surface area contributed by atoms with Crippen LogP contribution in [0, 0.1) is 11.3 Å². The van der Waals surface area contributed by atoms with E-state index < -0.39 is 5.60 Å². The maximum absolute atomic E-state index is 12.0. The average molecular weight is 287 g/mol. The van der Waals surface area contributed by atoms with Gasteiger partial charge in [-0.25, -0.2) is 4.79 Å². The highest BCUT2D eigenvalue weighted by molar-refractivity contribution is 5.90. The Balaban J connectivity index is 1.76. The van der Waals surface area contributed by atoms with Gasteiger partial charge in [0.05, 0.1) is 6.07 Å². The summed E-state index contributed by atoms with van der Waals surface area (Å²) in [5.74, 6) is 0. The van der Waals surface area contributed by atoms with E-state index in [2.05, 4.69) is 4.90 Å². The molecule has 0 saturated carbocycles. The standard InChI is InChI=1S/C15H17N3O3/c16-11-15(20)6-8-17(9-7-15)13-10-21-14(19)18(13)12-4-2-1-3-5-12/h1-5,13,20H,6-10H2. The maximum atomic E-state index is 12.0. The monoisotopic (exact) mass is 287 g/mol. The molecule has 0 bridgehead atoms. The molecule has 2 saturated heterocycles. The van der Waals surface area contributed by atoms with Gasteiger partial charge in [-0.3, -0.25) is 9.80 Å². The van der Waals surface area contributed by atoms with E-state index in [9.17, 15) is 9.90 Å². The number of carbonyl (C=O) groups excluding carboxylic acids is 1. The summed E-state index contributed by atoms with van der Waals surface area (Å²) in [6, 6.07) is 11.4. The Morgan fingerprint density at radius 1 is 1.29 bits per heavy atom. The van der Waals surface area contributed by atoms with Crippen molar-refractivity contribution in [2.75, 3.05) is 24.6 Å². The van der Waals surface area contributed by atoms with Crippen molar-refractivity contribution in [1.29, 1.82) is 5.26 Å². The van der Waals surface area contributed by atoms with Gasteiger partial charge in [-0.15, -0.1) is 0 Å². The molecular weight excluding hydrogens is 270 g/mol. The van der Waals surface area contributed by atoms with Gasteiger partial charge >= 0.3 is 6.09 Å². The van der Waals surface area contributed by atoms with E-state index in [0.29, 0.717) is 32.5 Å². The first-order valence-corrected chi connectivity index (χ1v) is 7.02. The molecule has 110 valence electrons. The first-order valence-electron chi connectivity index (χ1n) is 7.02. The number of carbonyl (C=O) groups is 1. The van der Waals surface area contributed by atoms with Crippen LogP contribution in [0.25, 0.3) is 0 Å². The second-order valence-corrected chi connectivity index (χ2v) is 5.44. The lowest BCUT2D eigenvalue weighted by Gasteiger charge is -2.39. The molecule has 1 unspecified atom stereocenters. The summed E-state index contributed by atoms with van der Waals surface area (Å²) >= 11 is 0. The molecule has 6 nitrogen and oxygen atoms in total. The number of anilines is 1. The topological polar surface area (TPSA) is 76.8 Å². The minimum Gasteiger partial charge on any atom is -0.445 e. The van der Waals surface area contributed by atoms with Crippen molar-refractivity contribution in [3.8, 4) is 6.07 Å². The predicted molar refractivity (Wildman–Crippen MR) is 75.4 cm³/mol. The predicted octanol–water partition coefficient (Wildman–Crippen LogP) is 1.32. The molecule has 1 atom stereocenters. The zero-order valence-electron chi connectivity index (χ0n) is 11.6. The molecule has 2 aliphatic rings. The molecule has 1 aromatic carbocycles. The van der Waals surface area contributed by atoms with Gasteiger partial charge in [0, 0.05) is 31.6 Å². The number of ether oxygens (including phenoxy) is 1. The summed E-state index contributed by atoms with van der Waals surface area (Å²) in [7, 11) is 0. The molecule has 1 amide bonds. The van der Waals surface area contributed by atoms with Gasteiger partial charge in [0.1, 0.15) is 12.8 Å². The molecule has 2 heterocycles. The Morgan fingerprint density at radius 2 is 1.95 bits per heavy atom. The number of hydrogen-bond donors (Lipinski definition) is 1. The Hall–Kier alpha value is -2.10. The van der Waals surface area contributed by atoms with Gasteiger partial charge in [-0.2, -0.15) is 5.26 Å². The van der Waals surface area contributed by atoms with Crippen LogP contribution in [-0.4, -0.2) is 47.6 Å². The highest BCUT2D eigenvalue weighted by Crippen LogP contribution is 2.29. The molecule has 21 heavy (non-hydrogen) atoms. The Kier molecular flexibility index (Phi) is 3.53. The van der Waals surface area contributed by atoms with Gasteiger partial charge in [-0.1, -0.05) is 18.2 Å². The lowest BCUT2D eigenvalue weighted by atomic mass is 9.93. The summed E-state index contributed by atoms with van der Waals surface area (Å²) in [4.78, 5) is 15.7. The van der Waals surface area contributed by atoms with E-state index in [1.54, 1.807) is 4.90 Å². The van der Waals surface area contributed by atoms with Crippen LogP contribution in [0.1, 0.15) is 12.8 Å². The largest absolute Gasteiger partial charge is 0.445 e. The van der Waals surface area contributed by atoms with E-state index in [1.807, 2.05) is 36.4 Å². The quantitative estimate of drug-likeness (QED) is 0.830. The first kappa shape index (κ1) is 13.9. The third kappa shape index (κ3) is 2.58. The van der Waals surface area contributed by atoms with Crippen LogP contribution in [0.5, 0.6) is 0 Å². The second kappa shape index (κ2) is 5.35. The van der Waals surface area contributed by atoms with E-state index in [0.717, 1.165) is 5.69 Å². The van der Waals surface area contributed by atoms with Gasteiger partial charge in [0.2, 0.25) is 0 Å². The fraction of sp³-hybridized carbons (Fsp3) is 0.467. The number of rotatable bonds is 2. The van der Waals surface area contributed by atoms with Crippen LogP contribution >= 0.6 is 0 Å². The SMILES string of the molecule is N#CC1(O)CCN(C2COC(=O)N2c2ccccc2)CC1. The molecule has 6 heteroatoms. The van der Waals surface area contributed by atoms with Crippen molar-refractivity contribution in [3.63, 3.8) is 0 Å². The number of nitriles is 1. The van der Waals surface area contributed by atoms with Gasteiger partial charge in [-0.05, 0) is 12.1 Å². The highest BCUT2D eigenvalue weighted by atomic mass is 16.6. The highest BCUT2D eigenvalue weighted by Gasteiger charge is 2.42. The number of piperidine rings is 1. The molecule has 1 aromatic rings. The molecular formula is C15H17N3O3. The third-order valence-electron chi connectivity index (χ3n) is 4.14. The first-order chi connectivity index (χ1) is 10.1. The lowest BCUT2D eigenvalue weighted by Crippen LogP contribution is -2.53. The van der Waals surface area contributed by atoms with E-state index in [-0.39, 0.29) is 12.3 Å². The number of cyclic esters (lactones) is 1. The Labute approximate surface area is 123 Å². The van der Waals surface area contributed by atoms with E-state index in [4.69, 9.17) is 10.00 Å². The van der Waals surface area contributed by atoms with Crippen LogP contribution in [0.15, 0.2) is 30.3 Å². The fourth-order valence-electron chi connectivity index (χ4n) is 2.85. The van der Waals surface area contributed by atoms with Crippen LogP contribution in [0.2, 0.25) is 0 Å². The number of nitrogens with zero attached hydrogens (tertiary/aromatic N) is 3. The Bertz CT molecular complexity index is 561. The minimum absolute atomic E-state index is 0.178. The normalized spacial score (nSPS) is 25.4. The van der Waals surface area contributed by atoms with Crippen LogP contribution in [-0.2, 0) is 4.74 Å². The molecule has 3 rings (SSSR count). The van der Waals surface area contributed by atoms with Gasteiger partial charge in [0.25, 0.3) is 0 Å². The summed E-state index contributed by atoms with van der Waals surface area (Å²) in [6.07, 6.45) is 0.239. The number of amides is 1. The second-order valence-electron chi connectivity index (χ2n) is 5.44. The smallest absolute Gasteiger partial charge is 0.415 e. The number of hydrogen-bond acceptors (Lipinski definition) is 5. The number of aliphatic hydroxyl groups is 1. The molecule has 0 aliphatic carbocycles. The van der Waals surface area contributed by atoms with Crippen molar-refractivity contribution in [2.24, 2.45) is 0 Å². The van der Waals surface area contributed by atoms with Crippen LogP contribution < -0.4 is 4.90 Å². The van der Waals surface area contributed by atoms with Crippen LogP contribution in [0.4, 0.5) is 10.5 Å². The third-order valence-corrected chi connectivity index (χ3v) is 4.14. The summed E-state index contributed by atoms with van der Waals surface area (Å²) in [6.45, 7) is 1.43. The Morgan fingerprint density at radius 3 is 2.57 bits per heavy atom. The molecule has 0 radical (unpaired) electrons. The van der Waals surface area contributed by atoms with Crippen LogP contribution in [0.3, 0.4) is 0 Å². The minimum atomic E-state index is -1.24. The van der Waals surface area contributed by atoms with E-state index >= 15 is 0 Å². The van der Waals surface area contributed by atoms with Crippen molar-refractivity contribution in [1.82, 2.24) is 4.90 Å². The molecule has 0 spiro atoms. The van der Waals surface area contributed by atoms with Crippen molar-refractivity contribution in [2.45, 2.75) is 24.6 Å². The molecule has 0 aromatic heterocycles. The summed E-state index contributed by atoms with van der Waals surface area (Å²) in [5, 5.41) is 18.9. The van der Waals surface area contributed by atoms with Crippen molar-refractivity contribution in [3.05, 3.63) is 30.3 Å². The lowest BCUT2D eigenvalue weighted by molar-refractivity contribution is 0.0101. The molecule has 2 aliphatic heterocycles. The zero-order valence-corrected chi connectivity index (χ0v) is 11.6. The zero-order chi connectivity index (χ0) is 14.9. The number of benzene rings is 1. The van der Waals surface area contributed by atoms with Gasteiger partial charge < -0.3 is 9.84 Å². The van der Waals surface area contributed by atoms with E-state index in [1.165, 1.54) is 0 Å². The molecule has 1 N–H and O–H groups in total. The van der Waals surface area contributed by atoms with Crippen molar-refractivity contribution >= 4 is 11.8 Å². The maximum Gasteiger partial charge on any atom is 0.415 e. The average Bonchev–Trinajstić information content (AvgIpc) is 2.91.